The van der Waals surface area contributed by atoms with Crippen LogP contribution in [0.5, 0.6) is 0 Å². The van der Waals surface area contributed by atoms with Gasteiger partial charge in [-0.3, -0.25) is 4.79 Å². The minimum Gasteiger partial charge on any atom is -0.448 e. The summed E-state index contributed by atoms with van der Waals surface area (Å²) in [5, 5.41) is 2.64. The zero-order valence-electron chi connectivity index (χ0n) is 9.11. The van der Waals surface area contributed by atoms with Crippen molar-refractivity contribution in [2.75, 3.05) is 13.2 Å². The first-order valence-electron chi connectivity index (χ1n) is 5.02. The Labute approximate surface area is 113 Å². The van der Waals surface area contributed by atoms with Gasteiger partial charge in [-0.05, 0) is 34.2 Å². The first kappa shape index (κ1) is 13.8. The molecule has 1 aromatic rings. The van der Waals surface area contributed by atoms with E-state index in [0.717, 1.165) is 9.13 Å². The van der Waals surface area contributed by atoms with E-state index < -0.39 is 6.09 Å². The molecule has 0 saturated carbocycles. The van der Waals surface area contributed by atoms with E-state index in [1.807, 2.05) is 24.3 Å². The number of benzene rings is 1. The topological polar surface area (TPSA) is 81.4 Å². The molecule has 1 aromatic carbocycles. The SMILES string of the molecule is NC(=O)OCCNC(=O)Cc1ccccc1I. The molecule has 2 amide bonds. The van der Waals surface area contributed by atoms with E-state index in [2.05, 4.69) is 32.6 Å². The van der Waals surface area contributed by atoms with Crippen LogP contribution in [0.15, 0.2) is 24.3 Å². The van der Waals surface area contributed by atoms with Gasteiger partial charge in [0.15, 0.2) is 0 Å². The third-order valence-electron chi connectivity index (χ3n) is 1.98. The molecule has 0 aliphatic rings. The number of carbonyl (C=O) groups excluding carboxylic acids is 2. The molecular weight excluding hydrogens is 335 g/mol. The summed E-state index contributed by atoms with van der Waals surface area (Å²) in [6.45, 7) is 0.359. The van der Waals surface area contributed by atoms with E-state index in [1.165, 1.54) is 0 Å². The summed E-state index contributed by atoms with van der Waals surface area (Å²) >= 11 is 2.18. The van der Waals surface area contributed by atoms with Crippen LogP contribution in [0.2, 0.25) is 0 Å². The molecular formula is C11H13IN2O3. The summed E-state index contributed by atoms with van der Waals surface area (Å²) in [5.74, 6) is -0.109. The van der Waals surface area contributed by atoms with Crippen LogP contribution in [0.25, 0.3) is 0 Å². The molecule has 0 aliphatic heterocycles. The highest BCUT2D eigenvalue weighted by molar-refractivity contribution is 14.1. The van der Waals surface area contributed by atoms with Gasteiger partial charge in [-0.15, -0.1) is 0 Å². The Balaban J connectivity index is 2.30. The molecule has 3 N–H and O–H groups in total. The van der Waals surface area contributed by atoms with Gasteiger partial charge in [0.1, 0.15) is 6.61 Å². The van der Waals surface area contributed by atoms with Gasteiger partial charge in [0, 0.05) is 3.57 Å². The van der Waals surface area contributed by atoms with Crippen LogP contribution < -0.4 is 11.1 Å². The highest BCUT2D eigenvalue weighted by atomic mass is 127. The number of carbonyl (C=O) groups is 2. The van der Waals surface area contributed by atoms with Crippen molar-refractivity contribution in [1.29, 1.82) is 0 Å². The van der Waals surface area contributed by atoms with Crippen LogP contribution in [0.1, 0.15) is 5.56 Å². The first-order valence-corrected chi connectivity index (χ1v) is 6.10. The maximum absolute atomic E-state index is 11.5. The van der Waals surface area contributed by atoms with Crippen molar-refractivity contribution in [2.45, 2.75) is 6.42 Å². The summed E-state index contributed by atoms with van der Waals surface area (Å²) < 4.78 is 5.54. The average Bonchev–Trinajstić information content (AvgIpc) is 2.27. The Morgan fingerprint density at radius 3 is 2.71 bits per heavy atom. The van der Waals surface area contributed by atoms with E-state index in [0.29, 0.717) is 6.42 Å². The number of nitrogens with two attached hydrogens (primary N) is 1. The Bertz CT molecular complexity index is 409. The molecule has 0 fully saturated rings. The number of primary amides is 1. The number of hydrogen-bond donors (Lipinski definition) is 2. The Kier molecular flexibility index (Phi) is 5.75. The fourth-order valence-corrected chi connectivity index (χ4v) is 1.80. The molecule has 0 aromatic heterocycles. The van der Waals surface area contributed by atoms with Crippen LogP contribution in [-0.4, -0.2) is 25.2 Å². The van der Waals surface area contributed by atoms with Gasteiger partial charge in [0.2, 0.25) is 5.91 Å². The van der Waals surface area contributed by atoms with Crippen LogP contribution in [-0.2, 0) is 16.0 Å². The van der Waals surface area contributed by atoms with E-state index >= 15 is 0 Å². The minimum absolute atomic E-state index is 0.0902. The molecule has 1 rings (SSSR count). The molecule has 5 nitrogen and oxygen atoms in total. The largest absolute Gasteiger partial charge is 0.448 e. The molecule has 0 radical (unpaired) electrons. The van der Waals surface area contributed by atoms with Crippen molar-refractivity contribution in [3.05, 3.63) is 33.4 Å². The quantitative estimate of drug-likeness (QED) is 0.616. The Morgan fingerprint density at radius 1 is 1.35 bits per heavy atom. The van der Waals surface area contributed by atoms with Crippen LogP contribution >= 0.6 is 22.6 Å². The second-order valence-electron chi connectivity index (χ2n) is 3.29. The Morgan fingerprint density at radius 2 is 2.06 bits per heavy atom. The predicted octanol–water partition coefficient (Wildman–Crippen LogP) is 1.05. The lowest BCUT2D eigenvalue weighted by Gasteiger charge is -2.06. The van der Waals surface area contributed by atoms with Gasteiger partial charge in [-0.2, -0.15) is 0 Å². The molecule has 0 aliphatic carbocycles. The van der Waals surface area contributed by atoms with Crippen LogP contribution in [0.4, 0.5) is 4.79 Å². The van der Waals surface area contributed by atoms with Gasteiger partial charge in [0.25, 0.3) is 0 Å². The van der Waals surface area contributed by atoms with E-state index in [1.54, 1.807) is 0 Å². The fourth-order valence-electron chi connectivity index (χ4n) is 1.22. The van der Waals surface area contributed by atoms with Crippen LogP contribution in [0.3, 0.4) is 0 Å². The molecule has 0 atom stereocenters. The minimum atomic E-state index is -0.836. The van der Waals surface area contributed by atoms with Crippen molar-refractivity contribution in [3.63, 3.8) is 0 Å². The van der Waals surface area contributed by atoms with Crippen molar-refractivity contribution >= 4 is 34.6 Å². The molecule has 6 heteroatoms. The lowest BCUT2D eigenvalue weighted by atomic mass is 10.1. The lowest BCUT2D eigenvalue weighted by Crippen LogP contribution is -2.30. The second-order valence-corrected chi connectivity index (χ2v) is 4.45. The van der Waals surface area contributed by atoms with E-state index in [-0.39, 0.29) is 19.1 Å². The number of amides is 2. The molecule has 0 bridgehead atoms. The van der Waals surface area contributed by atoms with Crippen molar-refractivity contribution < 1.29 is 14.3 Å². The van der Waals surface area contributed by atoms with Gasteiger partial charge < -0.3 is 15.8 Å². The number of ether oxygens (including phenoxy) is 1. The van der Waals surface area contributed by atoms with Crippen LogP contribution in [0, 0.1) is 3.57 Å². The summed E-state index contributed by atoms with van der Waals surface area (Å²) in [6.07, 6.45) is -0.521. The number of rotatable bonds is 5. The van der Waals surface area contributed by atoms with Gasteiger partial charge in [-0.1, -0.05) is 18.2 Å². The highest BCUT2D eigenvalue weighted by Crippen LogP contribution is 2.11. The van der Waals surface area contributed by atoms with Gasteiger partial charge in [-0.25, -0.2) is 4.79 Å². The maximum atomic E-state index is 11.5. The molecule has 0 unspecified atom stereocenters. The first-order chi connectivity index (χ1) is 8.09. The summed E-state index contributed by atoms with van der Waals surface area (Å²) in [6, 6.07) is 7.66. The fraction of sp³-hybridized carbons (Fsp3) is 0.273. The zero-order chi connectivity index (χ0) is 12.7. The highest BCUT2D eigenvalue weighted by Gasteiger charge is 2.05. The molecule has 0 saturated heterocycles. The number of hydrogen-bond acceptors (Lipinski definition) is 3. The average molecular weight is 348 g/mol. The van der Waals surface area contributed by atoms with Crippen molar-refractivity contribution in [2.24, 2.45) is 5.73 Å². The van der Waals surface area contributed by atoms with Gasteiger partial charge in [0.05, 0.1) is 13.0 Å². The maximum Gasteiger partial charge on any atom is 0.404 e. The summed E-state index contributed by atoms with van der Waals surface area (Å²) in [7, 11) is 0. The number of nitrogens with one attached hydrogen (secondary N) is 1. The lowest BCUT2D eigenvalue weighted by molar-refractivity contribution is -0.120. The summed E-state index contributed by atoms with van der Waals surface area (Å²) in [4.78, 5) is 21.8. The third kappa shape index (κ3) is 5.53. The second kappa shape index (κ2) is 7.10. The molecule has 92 valence electrons. The normalized spacial score (nSPS) is 9.71. The number of halogens is 1. The van der Waals surface area contributed by atoms with Crippen molar-refractivity contribution in [1.82, 2.24) is 5.32 Å². The molecule has 0 heterocycles. The van der Waals surface area contributed by atoms with E-state index in [9.17, 15) is 9.59 Å². The monoisotopic (exact) mass is 348 g/mol. The smallest absolute Gasteiger partial charge is 0.404 e. The van der Waals surface area contributed by atoms with Crippen molar-refractivity contribution in [3.8, 4) is 0 Å². The van der Waals surface area contributed by atoms with Gasteiger partial charge >= 0.3 is 6.09 Å². The molecule has 17 heavy (non-hydrogen) atoms. The molecule has 0 spiro atoms. The Hall–Kier alpha value is -1.31. The third-order valence-corrected chi connectivity index (χ3v) is 3.03. The van der Waals surface area contributed by atoms with E-state index in [4.69, 9.17) is 5.73 Å². The zero-order valence-corrected chi connectivity index (χ0v) is 11.3. The standard InChI is InChI=1S/C11H13IN2O3/c12-9-4-2-1-3-8(9)7-10(15)14-5-6-17-11(13)16/h1-4H,5-7H2,(H2,13,16)(H,14,15). The summed E-state index contributed by atoms with van der Waals surface area (Å²) in [5.41, 5.74) is 5.75. The predicted molar refractivity (Wildman–Crippen MR) is 71.4 cm³/mol.